The number of amides is 1. The summed E-state index contributed by atoms with van der Waals surface area (Å²) in [6, 6.07) is 1.99. The number of alkyl halides is 3. The summed E-state index contributed by atoms with van der Waals surface area (Å²) in [5.74, 6) is 0.514. The fourth-order valence-corrected chi connectivity index (χ4v) is 2.84. The van der Waals surface area contributed by atoms with E-state index in [2.05, 4.69) is 14.9 Å². The average Bonchev–Trinajstić information content (AvgIpc) is 3.37. The van der Waals surface area contributed by atoms with Gasteiger partial charge in [0.2, 0.25) is 5.91 Å². The molecule has 1 aromatic rings. The lowest BCUT2D eigenvalue weighted by Gasteiger charge is -2.32. The van der Waals surface area contributed by atoms with Crippen LogP contribution in [-0.4, -0.2) is 41.7 Å². The summed E-state index contributed by atoms with van der Waals surface area (Å²) in [7, 11) is 0. The molecule has 1 N–H and O–H groups in total. The van der Waals surface area contributed by atoms with E-state index in [1.54, 1.807) is 6.33 Å². The predicted octanol–water partition coefficient (Wildman–Crippen LogP) is 2.25. The Bertz CT molecular complexity index is 566. The minimum absolute atomic E-state index is 0.363. The summed E-state index contributed by atoms with van der Waals surface area (Å²) in [6.07, 6.45) is 0.594. The molecule has 5 nitrogen and oxygen atoms in total. The highest BCUT2D eigenvalue weighted by molar-refractivity contribution is 5.79. The van der Waals surface area contributed by atoms with Gasteiger partial charge < -0.3 is 10.2 Å². The summed E-state index contributed by atoms with van der Waals surface area (Å²) in [5, 5.41) is 1.97. The number of carbonyl (C=O) groups excluding carboxylic acids is 1. The van der Waals surface area contributed by atoms with Crippen molar-refractivity contribution in [2.75, 3.05) is 24.5 Å². The van der Waals surface area contributed by atoms with Crippen molar-refractivity contribution in [1.29, 1.82) is 0 Å². The maximum Gasteiger partial charge on any atom is 0.405 e. The molecule has 0 aromatic carbocycles. The van der Waals surface area contributed by atoms with E-state index in [-0.39, 0.29) is 5.92 Å². The number of aromatic nitrogens is 2. The first-order chi connectivity index (χ1) is 10.9. The Kier molecular flexibility index (Phi) is 4.41. The van der Waals surface area contributed by atoms with Crippen molar-refractivity contribution >= 4 is 11.7 Å². The summed E-state index contributed by atoms with van der Waals surface area (Å²) in [4.78, 5) is 22.4. The molecule has 1 aliphatic carbocycles. The van der Waals surface area contributed by atoms with Gasteiger partial charge in [-0.1, -0.05) is 0 Å². The van der Waals surface area contributed by atoms with Crippen molar-refractivity contribution in [3.05, 3.63) is 18.1 Å². The van der Waals surface area contributed by atoms with Crippen molar-refractivity contribution < 1.29 is 18.0 Å². The van der Waals surface area contributed by atoms with Crippen LogP contribution in [0.5, 0.6) is 0 Å². The minimum Gasteiger partial charge on any atom is -0.356 e. The minimum atomic E-state index is -4.36. The number of piperidine rings is 1. The van der Waals surface area contributed by atoms with Gasteiger partial charge in [0.25, 0.3) is 0 Å². The molecule has 8 heteroatoms. The Morgan fingerprint density at radius 3 is 2.52 bits per heavy atom. The van der Waals surface area contributed by atoms with Gasteiger partial charge in [-0.15, -0.1) is 0 Å². The lowest BCUT2D eigenvalue weighted by Crippen LogP contribution is -2.43. The Labute approximate surface area is 132 Å². The molecule has 0 atom stereocenters. The molecule has 2 aliphatic rings. The molecule has 0 unspecified atom stereocenters. The first-order valence-corrected chi connectivity index (χ1v) is 7.84. The number of hydrogen-bond acceptors (Lipinski definition) is 4. The van der Waals surface area contributed by atoms with Crippen LogP contribution in [0, 0.1) is 5.92 Å². The van der Waals surface area contributed by atoms with Crippen LogP contribution in [-0.2, 0) is 4.79 Å². The maximum absolute atomic E-state index is 12.1. The second-order valence-corrected chi connectivity index (χ2v) is 6.17. The molecule has 0 radical (unpaired) electrons. The summed E-state index contributed by atoms with van der Waals surface area (Å²) < 4.78 is 36.4. The van der Waals surface area contributed by atoms with Crippen LogP contribution in [0.2, 0.25) is 0 Å². The van der Waals surface area contributed by atoms with Crippen molar-refractivity contribution in [1.82, 2.24) is 15.3 Å². The molecule has 3 rings (SSSR count). The number of anilines is 1. The third-order valence-electron chi connectivity index (χ3n) is 4.32. The van der Waals surface area contributed by atoms with E-state index in [9.17, 15) is 18.0 Å². The van der Waals surface area contributed by atoms with Gasteiger partial charge in [-0.25, -0.2) is 9.97 Å². The van der Waals surface area contributed by atoms with Crippen molar-refractivity contribution in [2.24, 2.45) is 5.92 Å². The molecule has 0 spiro atoms. The zero-order chi connectivity index (χ0) is 16.4. The van der Waals surface area contributed by atoms with Crippen LogP contribution in [0.4, 0.5) is 19.0 Å². The predicted molar refractivity (Wildman–Crippen MR) is 78.0 cm³/mol. The maximum atomic E-state index is 12.1. The van der Waals surface area contributed by atoms with E-state index < -0.39 is 18.6 Å². The first-order valence-electron chi connectivity index (χ1n) is 7.84. The Hall–Kier alpha value is -1.86. The number of rotatable bonds is 4. The zero-order valence-corrected chi connectivity index (χ0v) is 12.6. The Morgan fingerprint density at radius 2 is 1.91 bits per heavy atom. The van der Waals surface area contributed by atoms with E-state index in [4.69, 9.17) is 0 Å². The standard InChI is InChI=1S/C15H19F3N4O/c16-15(17,18)8-19-14(23)11-3-5-22(6-4-11)13-7-12(10-1-2-10)20-9-21-13/h7,9-11H,1-6,8H2,(H,19,23). The molecule has 23 heavy (non-hydrogen) atoms. The topological polar surface area (TPSA) is 58.1 Å². The fourth-order valence-electron chi connectivity index (χ4n) is 2.84. The lowest BCUT2D eigenvalue weighted by atomic mass is 9.96. The van der Waals surface area contributed by atoms with Gasteiger partial charge in [0.1, 0.15) is 18.7 Å². The van der Waals surface area contributed by atoms with Crippen LogP contribution in [0.3, 0.4) is 0 Å². The highest BCUT2D eigenvalue weighted by atomic mass is 19.4. The second kappa shape index (κ2) is 6.33. The zero-order valence-electron chi connectivity index (χ0n) is 12.6. The van der Waals surface area contributed by atoms with E-state index in [0.29, 0.717) is 31.8 Å². The second-order valence-electron chi connectivity index (χ2n) is 6.17. The van der Waals surface area contributed by atoms with E-state index in [0.717, 1.165) is 24.4 Å². The third-order valence-corrected chi connectivity index (χ3v) is 4.32. The monoisotopic (exact) mass is 328 g/mol. The molecular formula is C15H19F3N4O. The van der Waals surface area contributed by atoms with Crippen LogP contribution in [0.15, 0.2) is 12.4 Å². The average molecular weight is 328 g/mol. The summed E-state index contributed by atoms with van der Waals surface area (Å²) in [5.41, 5.74) is 1.06. The van der Waals surface area contributed by atoms with Crippen molar-refractivity contribution in [3.8, 4) is 0 Å². The Morgan fingerprint density at radius 1 is 1.22 bits per heavy atom. The van der Waals surface area contributed by atoms with Gasteiger partial charge >= 0.3 is 6.18 Å². The van der Waals surface area contributed by atoms with E-state index in [1.165, 1.54) is 0 Å². The van der Waals surface area contributed by atoms with E-state index in [1.807, 2.05) is 11.4 Å². The smallest absolute Gasteiger partial charge is 0.356 e. The van der Waals surface area contributed by atoms with Gasteiger partial charge in [-0.2, -0.15) is 13.2 Å². The highest BCUT2D eigenvalue weighted by Crippen LogP contribution is 2.39. The molecular weight excluding hydrogens is 309 g/mol. The normalized spacial score (nSPS) is 19.7. The van der Waals surface area contributed by atoms with Crippen molar-refractivity contribution in [3.63, 3.8) is 0 Å². The van der Waals surface area contributed by atoms with Gasteiger partial charge in [0, 0.05) is 36.7 Å². The molecule has 2 fully saturated rings. The van der Waals surface area contributed by atoms with Crippen LogP contribution >= 0.6 is 0 Å². The molecule has 126 valence electrons. The molecule has 2 heterocycles. The number of hydrogen-bond donors (Lipinski definition) is 1. The molecule has 1 aliphatic heterocycles. The van der Waals surface area contributed by atoms with Gasteiger partial charge in [0.05, 0.1) is 0 Å². The third kappa shape index (κ3) is 4.33. The fraction of sp³-hybridized carbons (Fsp3) is 0.667. The molecule has 1 saturated carbocycles. The van der Waals surface area contributed by atoms with Gasteiger partial charge in [-0.3, -0.25) is 4.79 Å². The first kappa shape index (κ1) is 16.0. The molecule has 0 bridgehead atoms. The molecule has 1 amide bonds. The molecule has 1 saturated heterocycles. The van der Waals surface area contributed by atoms with Crippen LogP contribution < -0.4 is 10.2 Å². The molecule has 1 aromatic heterocycles. The van der Waals surface area contributed by atoms with Crippen molar-refractivity contribution in [2.45, 2.75) is 37.8 Å². The number of nitrogens with zero attached hydrogens (tertiary/aromatic N) is 3. The van der Waals surface area contributed by atoms with Crippen LogP contribution in [0.1, 0.15) is 37.3 Å². The van der Waals surface area contributed by atoms with Gasteiger partial charge in [-0.05, 0) is 25.7 Å². The van der Waals surface area contributed by atoms with Crippen LogP contribution in [0.25, 0.3) is 0 Å². The van der Waals surface area contributed by atoms with E-state index >= 15 is 0 Å². The summed E-state index contributed by atoms with van der Waals surface area (Å²) in [6.45, 7) is -0.0286. The van der Waals surface area contributed by atoms with Gasteiger partial charge in [0.15, 0.2) is 0 Å². The SMILES string of the molecule is O=C(NCC(F)(F)F)C1CCN(c2cc(C3CC3)ncn2)CC1. The largest absolute Gasteiger partial charge is 0.405 e. The number of nitrogens with one attached hydrogen (secondary N) is 1. The number of carbonyl (C=O) groups is 1. The number of halogens is 3. The lowest BCUT2D eigenvalue weighted by molar-refractivity contribution is -0.141. The summed E-state index contributed by atoms with van der Waals surface area (Å²) >= 11 is 0. The quantitative estimate of drug-likeness (QED) is 0.921. The Balaban J connectivity index is 1.52. The highest BCUT2D eigenvalue weighted by Gasteiger charge is 2.31.